The fourth-order valence-electron chi connectivity index (χ4n) is 10.8. The number of piperazine rings is 1. The lowest BCUT2D eigenvalue weighted by molar-refractivity contribution is -0.642. The number of fused-ring (bicyclic) bond motifs is 2. The summed E-state index contributed by atoms with van der Waals surface area (Å²) in [6.07, 6.45) is 22.0. The molecule has 5 aromatic rings. The van der Waals surface area contributed by atoms with E-state index < -0.39 is 27.4 Å². The number of aromatic nitrogens is 1. The molecular weight excluding hydrogens is 1400 g/mol. The van der Waals surface area contributed by atoms with Crippen LogP contribution in [-0.2, 0) is 31.4 Å². The van der Waals surface area contributed by atoms with Gasteiger partial charge in [-0.1, -0.05) is 132 Å². The monoisotopic (exact) mass is 1470 g/mol. The van der Waals surface area contributed by atoms with E-state index in [1.165, 1.54) is 6.92 Å². The molecule has 0 unspecified atom stereocenters. The summed E-state index contributed by atoms with van der Waals surface area (Å²) < 4.78 is 83.2. The first-order valence-corrected chi connectivity index (χ1v) is 35.0. The summed E-state index contributed by atoms with van der Waals surface area (Å²) in [5.41, 5.74) is 2.73. The number of nitrogens with zero attached hydrogens (tertiary/aromatic N) is 10. The van der Waals surface area contributed by atoms with Gasteiger partial charge in [-0.3, -0.25) is 4.79 Å². The van der Waals surface area contributed by atoms with Crippen molar-refractivity contribution in [3.63, 3.8) is 0 Å². The molecule has 0 radical (unpaired) electrons. The molecule has 0 bridgehead atoms. The number of hydrogen-bond acceptors (Lipinski definition) is 17. The minimum absolute atomic E-state index is 0.164. The van der Waals surface area contributed by atoms with Gasteiger partial charge >= 0.3 is 29.5 Å². The van der Waals surface area contributed by atoms with Crippen molar-refractivity contribution in [1.82, 2.24) is 9.80 Å². The molecule has 1 amide bonds. The molecule has 4 aliphatic rings. The highest BCUT2D eigenvalue weighted by molar-refractivity contribution is 8.03. The average molecular weight is 1470 g/mol. The van der Waals surface area contributed by atoms with Crippen LogP contribution in [0, 0.1) is 47.1 Å². The van der Waals surface area contributed by atoms with E-state index in [1.54, 1.807) is 135 Å². The van der Waals surface area contributed by atoms with Crippen LogP contribution in [0.1, 0.15) is 82.9 Å². The van der Waals surface area contributed by atoms with Crippen molar-refractivity contribution in [2.45, 2.75) is 82.7 Å². The third-order valence-corrected chi connectivity index (χ3v) is 18.9. The summed E-state index contributed by atoms with van der Waals surface area (Å²) in [4.78, 5) is 49.7. The van der Waals surface area contributed by atoms with Gasteiger partial charge in [0, 0.05) is 73.5 Å². The number of halogens is 4. The van der Waals surface area contributed by atoms with Gasteiger partial charge in [-0.2, -0.15) is 43.2 Å². The number of alkyl halides is 3. The number of thiazole rings is 1. The number of hydrogen-bond donors (Lipinski definition) is 0. The summed E-state index contributed by atoms with van der Waals surface area (Å²) in [5, 5.41) is 42.4. The van der Waals surface area contributed by atoms with Gasteiger partial charge in [0.05, 0.1) is 57.8 Å². The zero-order valence-electron chi connectivity index (χ0n) is 56.9. The van der Waals surface area contributed by atoms with E-state index in [1.807, 2.05) is 80.7 Å². The number of thioether (sulfide) groups is 1. The molecule has 1 fully saturated rings. The second kappa shape index (κ2) is 36.4. The van der Waals surface area contributed by atoms with Crippen molar-refractivity contribution in [2.75, 3.05) is 44.7 Å². The van der Waals surface area contributed by atoms with E-state index in [2.05, 4.69) is 60.5 Å². The number of carbonyl (C=O) groups is 3. The standard InChI is InChI=1S/C42H33N8O2.C33H34ClN2O5S2.CHF3O3S/c1-4-52-42(51)50-25-23-49(24-26-50)40-33(17-11-19-35(27-43)38(37(29-45)30-46)31-13-7-5-8-14-31)21-22-34(40)18-12-20-36(28-44)39(41(47-2)48-3)32-15-9-6-10-16-32;1-20(37)39-23-12-14-27-25(18-23)35(5)29(42-27)16-10-21-8-7-9-22(31(21)34)11-17-30-36(6)26-19-24(13-15-28(26)43-30)40-32(38)41-33(2,3)4;2-1(3,4)8(5,6)7/h5-20H,4,21-26H2,1H3;10-19H,7-9H2,1-6H3;(H,5,6,7)/q-1;+1;/p-1/b18-12+,19-11+,33-17+,36-20+,38-35-;;. The van der Waals surface area contributed by atoms with Gasteiger partial charge in [-0.15, -0.1) is 0 Å². The molecule has 20 nitrogen and oxygen atoms in total. The maximum Gasteiger partial charge on any atom is 0.528 e. The summed E-state index contributed by atoms with van der Waals surface area (Å²) in [5.74, 6) is 2.36. The molecule has 103 heavy (non-hydrogen) atoms. The number of aryl methyl sites for hydroxylation is 1. The molecule has 9 rings (SSSR count). The van der Waals surface area contributed by atoms with E-state index in [4.69, 9.17) is 56.7 Å². The Morgan fingerprint density at radius 1 is 0.796 bits per heavy atom. The molecule has 4 aromatic carbocycles. The molecule has 0 saturated carbocycles. The topological polar surface area (TPSA) is 261 Å². The highest BCUT2D eigenvalue weighted by Crippen LogP contribution is 2.47. The van der Waals surface area contributed by atoms with Gasteiger partial charge in [-0.05, 0) is 136 Å². The number of amides is 1. The van der Waals surface area contributed by atoms with E-state index in [0.717, 1.165) is 83.1 Å². The van der Waals surface area contributed by atoms with Gasteiger partial charge in [0.15, 0.2) is 10.1 Å². The van der Waals surface area contributed by atoms with Gasteiger partial charge < -0.3 is 43.6 Å². The first kappa shape index (κ1) is 79.1. The number of ether oxygens (including phenoxy) is 4. The highest BCUT2D eigenvalue weighted by Gasteiger charge is 2.37. The third-order valence-electron chi connectivity index (χ3n) is 15.4. The summed E-state index contributed by atoms with van der Waals surface area (Å²) in [6.45, 7) is 26.0. The fourth-order valence-corrected chi connectivity index (χ4v) is 13.1. The maximum absolute atomic E-state index is 12.4. The Morgan fingerprint density at radius 2 is 1.44 bits per heavy atom. The summed E-state index contributed by atoms with van der Waals surface area (Å²) in [7, 11) is -2.09. The molecule has 27 heteroatoms. The van der Waals surface area contributed by atoms with Crippen LogP contribution in [0.3, 0.4) is 0 Å². The quantitative estimate of drug-likeness (QED) is 0.00901. The fraction of sp³-hybridized carbons (Fsp3) is 0.250. The van der Waals surface area contributed by atoms with Crippen LogP contribution >= 0.6 is 34.7 Å². The van der Waals surface area contributed by atoms with Gasteiger partial charge in [0.2, 0.25) is 5.52 Å². The number of carbonyl (C=O) groups excluding carboxylic acids is 3. The van der Waals surface area contributed by atoms with Crippen molar-refractivity contribution in [3.05, 3.63) is 257 Å². The smallest absolute Gasteiger partial charge is 0.528 e. The van der Waals surface area contributed by atoms with E-state index in [-0.39, 0.29) is 52.4 Å². The van der Waals surface area contributed by atoms with Crippen LogP contribution in [0.5, 0.6) is 11.5 Å². The normalized spacial score (nSPS) is 16.2. The maximum atomic E-state index is 12.4. The predicted molar refractivity (Wildman–Crippen MR) is 389 cm³/mol. The molecular formula is C76H67ClF3N10O10S3-. The Hall–Kier alpha value is -11.2. The molecule has 2 aliphatic carbocycles. The van der Waals surface area contributed by atoms with Crippen molar-refractivity contribution in [2.24, 2.45) is 7.05 Å². The van der Waals surface area contributed by atoms with Crippen molar-refractivity contribution >= 4 is 102 Å². The Morgan fingerprint density at radius 3 is 2.02 bits per heavy atom. The number of anilines is 1. The molecule has 1 saturated heterocycles. The summed E-state index contributed by atoms with van der Waals surface area (Å²) >= 11 is 10.3. The number of allylic oxidation sites excluding steroid dienone is 19. The predicted octanol–water partition coefficient (Wildman–Crippen LogP) is 16.9. The zero-order valence-corrected chi connectivity index (χ0v) is 60.1. The van der Waals surface area contributed by atoms with E-state index in [0.29, 0.717) is 61.6 Å². The number of benzene rings is 4. The number of nitriles is 3. The SMILES string of the molecule is CC(=O)Oc1ccc2c(c1)N(C)C(=CC=C1CCCC(C=Cc3sc4ccc(OC(=O)OC(C)(C)C)cc4[n+]3C)=C1Cl)S2.O=S(=O)([O-])C(F)(F)F.[C-]#[N+]C([N+]#[C-])=C(/C(C#N)=C/C=C/C1=C(N2CCN(C(=O)OCC)CC2)C(=C/C=C/C(C#N)=C(/C(=C=[N-])C#N)c2ccccc2)/CC1)c1ccccc1. The van der Waals surface area contributed by atoms with Gasteiger partial charge in [-0.25, -0.2) is 23.9 Å². The van der Waals surface area contributed by atoms with E-state index >= 15 is 0 Å². The first-order chi connectivity index (χ1) is 49.1. The Balaban J connectivity index is 0.000000264. The van der Waals surface area contributed by atoms with Crippen LogP contribution in [-0.4, -0.2) is 97.8 Å². The average Bonchev–Trinajstić information content (AvgIpc) is 1.68. The molecule has 0 atom stereocenters. The van der Waals surface area contributed by atoms with Crippen LogP contribution in [0.2, 0.25) is 0 Å². The zero-order chi connectivity index (χ0) is 75.2. The lowest BCUT2D eigenvalue weighted by atomic mass is 9.94. The van der Waals surface area contributed by atoms with Crippen LogP contribution < -0.4 is 18.9 Å². The van der Waals surface area contributed by atoms with Gasteiger partial charge in [0.25, 0.3) is 5.01 Å². The molecule has 0 N–H and O–H groups in total. The molecule has 3 heterocycles. The Labute approximate surface area is 609 Å². The van der Waals surface area contributed by atoms with Crippen LogP contribution in [0.25, 0.3) is 42.5 Å². The third kappa shape index (κ3) is 21.4. The number of rotatable bonds is 15. The van der Waals surface area contributed by atoms with Crippen molar-refractivity contribution in [1.29, 1.82) is 15.8 Å². The van der Waals surface area contributed by atoms with Crippen molar-refractivity contribution < 1.29 is 64.0 Å². The highest BCUT2D eigenvalue weighted by atomic mass is 35.5. The van der Waals surface area contributed by atoms with Crippen LogP contribution in [0.15, 0.2) is 217 Å². The summed E-state index contributed by atoms with van der Waals surface area (Å²) in [6, 6.07) is 35.2. The number of esters is 1. The van der Waals surface area contributed by atoms with E-state index in [9.17, 15) is 48.7 Å². The Bertz CT molecular complexity index is 4860. The van der Waals surface area contributed by atoms with Gasteiger partial charge in [0.1, 0.15) is 48.1 Å². The largest absolute Gasteiger partial charge is 0.762 e. The lowest BCUT2D eigenvalue weighted by Crippen LogP contribution is -2.48. The second-order valence-corrected chi connectivity index (χ2v) is 27.4. The van der Waals surface area contributed by atoms with Crippen LogP contribution in [0.4, 0.5) is 28.4 Å². The van der Waals surface area contributed by atoms with Crippen molar-refractivity contribution in [3.8, 4) is 29.7 Å². The minimum Gasteiger partial charge on any atom is -0.762 e. The first-order valence-electron chi connectivity index (χ1n) is 31.6. The molecule has 0 spiro atoms. The second-order valence-electron chi connectivity index (χ2n) is 23.5. The lowest BCUT2D eigenvalue weighted by Gasteiger charge is -2.37. The Kier molecular flexibility index (Phi) is 27.9. The molecule has 2 aliphatic heterocycles. The molecule has 1 aromatic heterocycles. The molecule has 528 valence electrons. The minimum atomic E-state index is -6.09.